The van der Waals surface area contributed by atoms with E-state index < -0.39 is 0 Å². The van der Waals surface area contributed by atoms with Crippen molar-refractivity contribution in [2.75, 3.05) is 0 Å². The van der Waals surface area contributed by atoms with Crippen LogP contribution in [0.2, 0.25) is 0 Å². The molecule has 7 nitrogen and oxygen atoms in total. The third-order valence-corrected chi connectivity index (χ3v) is 1.58. The molecule has 1 aromatic rings. The van der Waals surface area contributed by atoms with Gasteiger partial charge >= 0.3 is 0 Å². The molecule has 7 heteroatoms. The van der Waals surface area contributed by atoms with Crippen LogP contribution in [0, 0.1) is 11.8 Å². The van der Waals surface area contributed by atoms with Crippen molar-refractivity contribution in [3.05, 3.63) is 12.2 Å². The van der Waals surface area contributed by atoms with Crippen molar-refractivity contribution in [2.24, 2.45) is 11.3 Å². The van der Waals surface area contributed by atoms with Crippen molar-refractivity contribution in [3.63, 3.8) is 0 Å². The number of aromatic nitrogens is 4. The van der Waals surface area contributed by atoms with Crippen molar-refractivity contribution in [2.45, 2.75) is 27.3 Å². The minimum Gasteiger partial charge on any atom is -0.293 e. The second kappa shape index (κ2) is 4.35. The molecule has 0 saturated carbocycles. The molecule has 0 aliphatic heterocycles. The molecule has 3 N–H and O–H groups in total. The number of amides is 1. The molecule has 0 unspecified atom stereocenters. The maximum absolute atomic E-state index is 11.0. The molecule has 15 heavy (non-hydrogen) atoms. The van der Waals surface area contributed by atoms with Crippen LogP contribution in [0.5, 0.6) is 0 Å². The van der Waals surface area contributed by atoms with E-state index in [0.29, 0.717) is 5.82 Å². The highest BCUT2D eigenvalue weighted by atomic mass is 16.2. The van der Waals surface area contributed by atoms with Gasteiger partial charge in [-0.25, -0.2) is 10.5 Å². The molecular weight excluding hydrogens is 196 g/mol. The Labute approximate surface area is 88.0 Å². The van der Waals surface area contributed by atoms with Gasteiger partial charge in [-0.15, -0.1) is 5.10 Å². The van der Waals surface area contributed by atoms with E-state index in [9.17, 15) is 4.79 Å². The van der Waals surface area contributed by atoms with Gasteiger partial charge in [0.15, 0.2) is 5.82 Å². The first-order chi connectivity index (χ1) is 6.92. The fourth-order valence-corrected chi connectivity index (χ4v) is 0.997. The van der Waals surface area contributed by atoms with Gasteiger partial charge in [-0.2, -0.15) is 0 Å². The largest absolute Gasteiger partial charge is 0.293 e. The van der Waals surface area contributed by atoms with Crippen LogP contribution >= 0.6 is 0 Å². The number of carbonyl (C=O) groups excluding carboxylic acids is 1. The minimum absolute atomic E-state index is 0.0193. The molecule has 83 valence electrons. The fourth-order valence-electron chi connectivity index (χ4n) is 0.997. The summed E-state index contributed by atoms with van der Waals surface area (Å²) < 4.78 is 1.40. The minimum atomic E-state index is -0.342. The predicted octanol–water partition coefficient (Wildman–Crippen LogP) is -0.739. The summed E-state index contributed by atoms with van der Waals surface area (Å²) >= 11 is 0. The number of carbonyl (C=O) groups is 1. The number of nitrogens with zero attached hydrogens (tertiary/aromatic N) is 4. The number of rotatable bonds is 3. The second-order valence-corrected chi connectivity index (χ2v) is 4.27. The lowest BCUT2D eigenvalue weighted by Crippen LogP contribution is -2.34. The van der Waals surface area contributed by atoms with Gasteiger partial charge in [0, 0.05) is 6.42 Å². The Bertz CT molecular complexity index is 339. The molecule has 1 rings (SSSR count). The van der Waals surface area contributed by atoms with Crippen molar-refractivity contribution in [3.8, 4) is 0 Å². The normalized spacial score (nSPS) is 11.5. The Balaban J connectivity index is 2.74. The molecule has 0 saturated heterocycles. The van der Waals surface area contributed by atoms with Gasteiger partial charge in [0.25, 0.3) is 5.91 Å². The number of hydrogen-bond donors (Lipinski definition) is 2. The number of hydrogen-bond acceptors (Lipinski definition) is 5. The summed E-state index contributed by atoms with van der Waals surface area (Å²) in [6, 6.07) is 0. The first-order valence-corrected chi connectivity index (χ1v) is 4.54. The van der Waals surface area contributed by atoms with Gasteiger partial charge < -0.3 is 0 Å². The lowest BCUT2D eigenvalue weighted by Gasteiger charge is -2.16. The maximum Gasteiger partial charge on any atom is 0.255 e. The monoisotopic (exact) mass is 211 g/mol. The fraction of sp³-hybridized carbons (Fsp3) is 0.625. The number of hydrazine groups is 1. The molecule has 0 fully saturated rings. The number of tetrazole rings is 1. The van der Waals surface area contributed by atoms with Gasteiger partial charge in [-0.3, -0.25) is 10.2 Å². The molecule has 1 aromatic heterocycles. The highest BCUT2D eigenvalue weighted by molar-refractivity contribution is 5.74. The first kappa shape index (κ1) is 11.6. The molecule has 0 aliphatic rings. The van der Waals surface area contributed by atoms with Gasteiger partial charge in [-0.1, -0.05) is 20.8 Å². The van der Waals surface area contributed by atoms with Crippen LogP contribution < -0.4 is 11.3 Å². The summed E-state index contributed by atoms with van der Waals surface area (Å²) in [7, 11) is 0. The van der Waals surface area contributed by atoms with Crippen molar-refractivity contribution < 1.29 is 4.79 Å². The van der Waals surface area contributed by atoms with Crippen LogP contribution in [0.15, 0.2) is 0 Å². The molecule has 0 bridgehead atoms. The maximum atomic E-state index is 11.0. The second-order valence-electron chi connectivity index (χ2n) is 4.27. The Morgan fingerprint density at radius 3 is 2.80 bits per heavy atom. The van der Waals surface area contributed by atoms with Crippen LogP contribution in [0.1, 0.15) is 26.6 Å². The number of nitrogens with two attached hydrogens (primary N) is 1. The SMILES string of the molecule is CC(C)(C)[CH]c1nnnn1CC(=O)NN. The Morgan fingerprint density at radius 2 is 2.27 bits per heavy atom. The van der Waals surface area contributed by atoms with Crippen molar-refractivity contribution >= 4 is 5.91 Å². The molecule has 1 heterocycles. The molecule has 0 aromatic carbocycles. The standard InChI is InChI=1S/C8H15N6O/c1-8(2,3)4-6-11-12-13-14(6)5-7(15)10-9/h4H,5,9H2,1-3H3,(H,10,15). The van der Waals surface area contributed by atoms with E-state index in [1.165, 1.54) is 4.68 Å². The summed E-state index contributed by atoms with van der Waals surface area (Å²) in [6.07, 6.45) is 1.89. The molecule has 0 spiro atoms. The van der Waals surface area contributed by atoms with E-state index in [-0.39, 0.29) is 17.9 Å². The smallest absolute Gasteiger partial charge is 0.255 e. The first-order valence-electron chi connectivity index (χ1n) is 4.54. The van der Waals surface area contributed by atoms with Crippen LogP contribution in [0.25, 0.3) is 0 Å². The van der Waals surface area contributed by atoms with E-state index in [2.05, 4.69) is 15.5 Å². The summed E-state index contributed by atoms with van der Waals surface area (Å²) in [6.45, 7) is 6.09. The zero-order chi connectivity index (χ0) is 11.5. The molecule has 0 atom stereocenters. The van der Waals surface area contributed by atoms with Gasteiger partial charge in [0.05, 0.1) is 0 Å². The zero-order valence-corrected chi connectivity index (χ0v) is 9.06. The molecule has 1 amide bonds. The highest BCUT2D eigenvalue weighted by Gasteiger charge is 2.18. The quantitative estimate of drug-likeness (QED) is 0.390. The predicted molar refractivity (Wildman–Crippen MR) is 53.0 cm³/mol. The van der Waals surface area contributed by atoms with Crippen molar-refractivity contribution in [1.29, 1.82) is 0 Å². The van der Waals surface area contributed by atoms with E-state index in [1.54, 1.807) is 0 Å². The molecular formula is C8H15N6O. The van der Waals surface area contributed by atoms with E-state index in [4.69, 9.17) is 5.84 Å². The lowest BCUT2D eigenvalue weighted by atomic mass is 9.92. The zero-order valence-electron chi connectivity index (χ0n) is 9.06. The summed E-state index contributed by atoms with van der Waals surface area (Å²) in [4.78, 5) is 11.0. The van der Waals surface area contributed by atoms with E-state index in [1.807, 2.05) is 32.6 Å². The number of nitrogens with one attached hydrogen (secondary N) is 1. The van der Waals surface area contributed by atoms with Gasteiger partial charge in [-0.05, 0) is 15.8 Å². The molecule has 1 radical (unpaired) electrons. The Kier molecular flexibility index (Phi) is 3.35. The summed E-state index contributed by atoms with van der Waals surface area (Å²) in [5, 5.41) is 11.0. The third-order valence-electron chi connectivity index (χ3n) is 1.58. The Morgan fingerprint density at radius 1 is 1.60 bits per heavy atom. The van der Waals surface area contributed by atoms with E-state index in [0.717, 1.165) is 0 Å². The van der Waals surface area contributed by atoms with Gasteiger partial charge in [0.2, 0.25) is 0 Å². The van der Waals surface area contributed by atoms with Crippen LogP contribution in [0.3, 0.4) is 0 Å². The third kappa shape index (κ3) is 3.62. The Hall–Kier alpha value is -1.50. The average Bonchev–Trinajstić information content (AvgIpc) is 2.50. The average molecular weight is 211 g/mol. The molecule has 0 aliphatic carbocycles. The van der Waals surface area contributed by atoms with E-state index >= 15 is 0 Å². The topological polar surface area (TPSA) is 98.7 Å². The summed E-state index contributed by atoms with van der Waals surface area (Å²) in [5.74, 6) is 5.19. The van der Waals surface area contributed by atoms with Crippen LogP contribution in [0.4, 0.5) is 0 Å². The van der Waals surface area contributed by atoms with Crippen LogP contribution in [-0.2, 0) is 11.3 Å². The lowest BCUT2D eigenvalue weighted by molar-refractivity contribution is -0.121. The summed E-state index contributed by atoms with van der Waals surface area (Å²) in [5.41, 5.74) is 1.97. The van der Waals surface area contributed by atoms with Gasteiger partial charge in [0.1, 0.15) is 6.54 Å². The van der Waals surface area contributed by atoms with Crippen LogP contribution in [-0.4, -0.2) is 26.1 Å². The highest BCUT2D eigenvalue weighted by Crippen LogP contribution is 2.20. The van der Waals surface area contributed by atoms with Crippen molar-refractivity contribution in [1.82, 2.24) is 25.6 Å².